The Morgan fingerprint density at radius 1 is 1.12 bits per heavy atom. The number of rotatable bonds is 7. The van der Waals surface area contributed by atoms with E-state index in [1.54, 1.807) is 0 Å². The molecule has 2 aromatic rings. The Hall–Kier alpha value is -2.06. The molecular formula is C22H27NO. The van der Waals surface area contributed by atoms with Crippen LogP contribution in [0.3, 0.4) is 0 Å². The van der Waals surface area contributed by atoms with Crippen LogP contribution in [0.1, 0.15) is 19.8 Å². The molecule has 0 aliphatic heterocycles. The Morgan fingerprint density at radius 2 is 1.96 bits per heavy atom. The summed E-state index contributed by atoms with van der Waals surface area (Å²) in [5.41, 5.74) is 0. The summed E-state index contributed by atoms with van der Waals surface area (Å²) in [7, 11) is 2.22. The first-order valence-corrected chi connectivity index (χ1v) is 8.93. The van der Waals surface area contributed by atoms with Crippen LogP contribution in [0.25, 0.3) is 10.8 Å². The Kier molecular flexibility index (Phi) is 5.71. The van der Waals surface area contributed by atoms with Crippen LogP contribution >= 0.6 is 0 Å². The normalized spacial score (nSPS) is 18.2. The fourth-order valence-corrected chi connectivity index (χ4v) is 3.49. The van der Waals surface area contributed by atoms with Crippen LogP contribution in [0.15, 0.2) is 66.8 Å². The zero-order chi connectivity index (χ0) is 16.8. The molecular weight excluding hydrogens is 294 g/mol. The van der Waals surface area contributed by atoms with Gasteiger partial charge in [0.05, 0.1) is 6.61 Å². The lowest BCUT2D eigenvalue weighted by Gasteiger charge is -2.33. The second-order valence-corrected chi connectivity index (χ2v) is 6.47. The summed E-state index contributed by atoms with van der Waals surface area (Å²) in [4.78, 5) is 2.45. The molecule has 3 rings (SSSR count). The summed E-state index contributed by atoms with van der Waals surface area (Å²) in [5.74, 6) is 1.57. The topological polar surface area (TPSA) is 12.5 Å². The van der Waals surface area contributed by atoms with Crippen molar-refractivity contribution in [3.63, 3.8) is 0 Å². The summed E-state index contributed by atoms with van der Waals surface area (Å²) in [6, 6.07) is 15.2. The lowest BCUT2D eigenvalue weighted by molar-refractivity contribution is 0.166. The van der Waals surface area contributed by atoms with Crippen LogP contribution in [-0.2, 0) is 0 Å². The molecule has 2 aromatic carbocycles. The number of fused-ring (bicyclic) bond motifs is 1. The molecule has 1 aliphatic carbocycles. The fourth-order valence-electron chi connectivity index (χ4n) is 3.49. The van der Waals surface area contributed by atoms with Gasteiger partial charge in [-0.2, -0.15) is 0 Å². The second kappa shape index (κ2) is 8.16. The van der Waals surface area contributed by atoms with Crippen molar-refractivity contribution in [2.24, 2.45) is 5.92 Å². The molecule has 2 heteroatoms. The van der Waals surface area contributed by atoms with E-state index >= 15 is 0 Å². The number of hydrogen-bond acceptors (Lipinski definition) is 2. The van der Waals surface area contributed by atoms with Gasteiger partial charge in [-0.1, -0.05) is 67.6 Å². The van der Waals surface area contributed by atoms with Crippen LogP contribution in [0.4, 0.5) is 0 Å². The predicted octanol–water partition coefficient (Wildman–Crippen LogP) is 5.06. The van der Waals surface area contributed by atoms with E-state index in [0.717, 1.165) is 31.7 Å². The van der Waals surface area contributed by atoms with Crippen LogP contribution in [-0.4, -0.2) is 31.1 Å². The maximum absolute atomic E-state index is 6.17. The second-order valence-electron chi connectivity index (χ2n) is 6.47. The molecule has 0 aromatic heterocycles. The molecule has 0 bridgehead atoms. The highest BCUT2D eigenvalue weighted by atomic mass is 16.5. The summed E-state index contributed by atoms with van der Waals surface area (Å²) in [6.07, 6.45) is 11.1. The lowest BCUT2D eigenvalue weighted by Crippen LogP contribution is -2.38. The Bertz CT molecular complexity index is 713. The van der Waals surface area contributed by atoms with Crippen molar-refractivity contribution < 1.29 is 4.74 Å². The number of hydrogen-bond donors (Lipinski definition) is 0. The predicted molar refractivity (Wildman–Crippen MR) is 103 cm³/mol. The Morgan fingerprint density at radius 3 is 2.75 bits per heavy atom. The van der Waals surface area contributed by atoms with Crippen molar-refractivity contribution in [3.8, 4) is 5.75 Å². The molecule has 0 saturated heterocycles. The summed E-state index contributed by atoms with van der Waals surface area (Å²) in [5, 5.41) is 2.43. The maximum Gasteiger partial charge on any atom is 0.127 e. The van der Waals surface area contributed by atoms with Gasteiger partial charge in [0.25, 0.3) is 0 Å². The molecule has 0 spiro atoms. The number of ether oxygens (including phenoxy) is 1. The first-order chi connectivity index (χ1) is 11.8. The van der Waals surface area contributed by atoms with Crippen LogP contribution in [0, 0.1) is 5.92 Å². The first kappa shape index (κ1) is 16.8. The van der Waals surface area contributed by atoms with Crippen molar-refractivity contribution in [3.05, 3.63) is 66.8 Å². The lowest BCUT2D eigenvalue weighted by atomic mass is 9.90. The van der Waals surface area contributed by atoms with Gasteiger partial charge in [0.2, 0.25) is 0 Å². The van der Waals surface area contributed by atoms with E-state index < -0.39 is 0 Å². The summed E-state index contributed by atoms with van der Waals surface area (Å²) >= 11 is 0. The molecule has 1 aliphatic rings. The average molecular weight is 321 g/mol. The first-order valence-electron chi connectivity index (χ1n) is 8.93. The van der Waals surface area contributed by atoms with Crippen molar-refractivity contribution in [1.82, 2.24) is 4.90 Å². The SMILES string of the molecule is CCN(C)[C@@H](CCOc1cccc2ccccc12)C1C=CC=CC1. The van der Waals surface area contributed by atoms with Gasteiger partial charge in [0, 0.05) is 11.4 Å². The third-order valence-electron chi connectivity index (χ3n) is 4.99. The van der Waals surface area contributed by atoms with E-state index in [-0.39, 0.29) is 0 Å². The van der Waals surface area contributed by atoms with E-state index in [9.17, 15) is 0 Å². The van der Waals surface area contributed by atoms with Crippen molar-refractivity contribution in [2.75, 3.05) is 20.2 Å². The largest absolute Gasteiger partial charge is 0.493 e. The minimum atomic E-state index is 0.520. The van der Waals surface area contributed by atoms with Gasteiger partial charge < -0.3 is 9.64 Å². The van der Waals surface area contributed by atoms with Gasteiger partial charge in [0.15, 0.2) is 0 Å². The van der Waals surface area contributed by atoms with Gasteiger partial charge in [-0.25, -0.2) is 0 Å². The number of nitrogens with zero attached hydrogens (tertiary/aromatic N) is 1. The molecule has 1 unspecified atom stereocenters. The van der Waals surface area contributed by atoms with Crippen molar-refractivity contribution in [2.45, 2.75) is 25.8 Å². The van der Waals surface area contributed by atoms with Gasteiger partial charge in [-0.15, -0.1) is 0 Å². The Balaban J connectivity index is 1.66. The number of benzene rings is 2. The molecule has 24 heavy (non-hydrogen) atoms. The van der Waals surface area contributed by atoms with Crippen LogP contribution in [0.5, 0.6) is 5.75 Å². The quantitative estimate of drug-likeness (QED) is 0.706. The van der Waals surface area contributed by atoms with Gasteiger partial charge in [0.1, 0.15) is 5.75 Å². The highest BCUT2D eigenvalue weighted by Gasteiger charge is 2.22. The molecule has 2 atom stereocenters. The summed E-state index contributed by atoms with van der Waals surface area (Å²) in [6.45, 7) is 4.03. The van der Waals surface area contributed by atoms with Crippen LogP contribution in [0.2, 0.25) is 0 Å². The standard InChI is InChI=1S/C22H27NO/c1-3-23(2)21(19-11-5-4-6-12-19)16-17-24-22-15-9-13-18-10-7-8-14-20(18)22/h4-11,13-15,19,21H,3,12,16-17H2,1-2H3/t19?,21-/m0/s1. The van der Waals surface area contributed by atoms with Gasteiger partial charge in [-0.05, 0) is 43.8 Å². The van der Waals surface area contributed by atoms with E-state index in [1.165, 1.54) is 10.8 Å². The average Bonchev–Trinajstić information content (AvgIpc) is 2.65. The zero-order valence-corrected chi connectivity index (χ0v) is 14.7. The molecule has 0 amide bonds. The van der Waals surface area contributed by atoms with Crippen LogP contribution < -0.4 is 4.74 Å². The van der Waals surface area contributed by atoms with E-state index in [1.807, 2.05) is 0 Å². The van der Waals surface area contributed by atoms with Gasteiger partial charge >= 0.3 is 0 Å². The smallest absolute Gasteiger partial charge is 0.127 e. The number of allylic oxidation sites excluding steroid dienone is 3. The highest BCUT2D eigenvalue weighted by Crippen LogP contribution is 2.27. The maximum atomic E-state index is 6.17. The fraction of sp³-hybridized carbons (Fsp3) is 0.364. The molecule has 0 fully saturated rings. The minimum absolute atomic E-state index is 0.520. The van der Waals surface area contributed by atoms with Crippen molar-refractivity contribution in [1.29, 1.82) is 0 Å². The molecule has 0 saturated carbocycles. The third kappa shape index (κ3) is 3.88. The van der Waals surface area contributed by atoms with E-state index in [0.29, 0.717) is 12.0 Å². The van der Waals surface area contributed by atoms with E-state index in [4.69, 9.17) is 4.74 Å². The molecule has 2 nitrogen and oxygen atoms in total. The third-order valence-corrected chi connectivity index (χ3v) is 4.99. The van der Waals surface area contributed by atoms with Gasteiger partial charge in [-0.3, -0.25) is 0 Å². The monoisotopic (exact) mass is 321 g/mol. The highest BCUT2D eigenvalue weighted by molar-refractivity contribution is 5.88. The molecule has 0 radical (unpaired) electrons. The summed E-state index contributed by atoms with van der Waals surface area (Å²) < 4.78 is 6.17. The zero-order valence-electron chi connectivity index (χ0n) is 14.7. The Labute approximate surface area is 145 Å². The molecule has 0 N–H and O–H groups in total. The van der Waals surface area contributed by atoms with Crippen molar-refractivity contribution >= 4 is 10.8 Å². The van der Waals surface area contributed by atoms with E-state index in [2.05, 4.69) is 85.6 Å². The molecule has 126 valence electrons. The minimum Gasteiger partial charge on any atom is -0.493 e. The molecule has 0 heterocycles.